The molecule has 1 N–H and O–H groups in total. The van der Waals surface area contributed by atoms with E-state index in [1.165, 1.54) is 17.0 Å². The van der Waals surface area contributed by atoms with E-state index in [0.29, 0.717) is 32.5 Å². The summed E-state index contributed by atoms with van der Waals surface area (Å²) in [7, 11) is 0. The first-order valence-electron chi connectivity index (χ1n) is 10.3. The van der Waals surface area contributed by atoms with Gasteiger partial charge in [0.1, 0.15) is 17.5 Å². The van der Waals surface area contributed by atoms with Crippen molar-refractivity contribution >= 4 is 17.8 Å². The fourth-order valence-corrected chi connectivity index (χ4v) is 4.49. The van der Waals surface area contributed by atoms with Gasteiger partial charge >= 0.3 is 6.03 Å². The fraction of sp³-hybridized carbons (Fsp3) is 0.571. The van der Waals surface area contributed by atoms with E-state index in [2.05, 4.69) is 5.32 Å². The highest BCUT2D eigenvalue weighted by atomic mass is 19.1. The van der Waals surface area contributed by atoms with Crippen molar-refractivity contribution in [3.8, 4) is 0 Å². The Bertz CT molecular complexity index is 792. The zero-order valence-electron chi connectivity index (χ0n) is 16.4. The van der Waals surface area contributed by atoms with Gasteiger partial charge in [-0.05, 0) is 30.5 Å². The first-order chi connectivity index (χ1) is 14.0. The van der Waals surface area contributed by atoms with Gasteiger partial charge in [0.15, 0.2) is 0 Å². The van der Waals surface area contributed by atoms with Crippen LogP contribution in [0.15, 0.2) is 24.3 Å². The van der Waals surface area contributed by atoms with Crippen LogP contribution in [0, 0.1) is 5.82 Å². The first-order valence-corrected chi connectivity index (χ1v) is 10.3. The van der Waals surface area contributed by atoms with E-state index in [0.717, 1.165) is 24.8 Å². The number of nitrogens with one attached hydrogen (secondary N) is 1. The Morgan fingerprint density at radius 1 is 1.17 bits per heavy atom. The number of hydrogen-bond acceptors (Lipinski definition) is 4. The summed E-state index contributed by atoms with van der Waals surface area (Å²) < 4.78 is 18.9. The summed E-state index contributed by atoms with van der Waals surface area (Å²) in [6.45, 7) is 1.30. The number of hydrogen-bond donors (Lipinski definition) is 1. The number of ether oxygens (including phenoxy) is 1. The molecular formula is C21H26FN3O4. The van der Waals surface area contributed by atoms with Crippen LogP contribution >= 0.6 is 0 Å². The van der Waals surface area contributed by atoms with Crippen LogP contribution in [0.5, 0.6) is 0 Å². The number of carbonyl (C=O) groups excluding carboxylic acids is 3. The highest BCUT2D eigenvalue weighted by Crippen LogP contribution is 2.33. The van der Waals surface area contributed by atoms with Gasteiger partial charge in [0.25, 0.3) is 5.91 Å². The van der Waals surface area contributed by atoms with Crippen LogP contribution in [-0.2, 0) is 14.3 Å². The maximum absolute atomic E-state index is 13.1. The van der Waals surface area contributed by atoms with Gasteiger partial charge in [-0.1, -0.05) is 31.4 Å². The molecule has 2 aliphatic heterocycles. The third-order valence-corrected chi connectivity index (χ3v) is 6.16. The summed E-state index contributed by atoms with van der Waals surface area (Å²) in [5.41, 5.74) is 0.0580. The molecule has 1 spiro atoms. The number of carbonyl (C=O) groups is 3. The largest absolute Gasteiger partial charge is 0.370 e. The number of morpholine rings is 1. The summed E-state index contributed by atoms with van der Waals surface area (Å²) in [5, 5.41) is 2.87. The predicted octanol–water partition coefficient (Wildman–Crippen LogP) is 2.37. The summed E-state index contributed by atoms with van der Waals surface area (Å²) in [6, 6.07) is 5.67. The SMILES string of the molecule is O=C(CCN1C(=O)NC2(CCCCC2)C1=O)N1CCOC(c2ccc(F)cc2)C1. The molecule has 1 aromatic rings. The Balaban J connectivity index is 1.34. The molecular weight excluding hydrogens is 377 g/mol. The molecule has 3 aliphatic rings. The van der Waals surface area contributed by atoms with Crippen LogP contribution in [0.25, 0.3) is 0 Å². The molecule has 2 saturated heterocycles. The van der Waals surface area contributed by atoms with Crippen LogP contribution in [-0.4, -0.2) is 59.4 Å². The monoisotopic (exact) mass is 403 g/mol. The van der Waals surface area contributed by atoms with Crippen molar-refractivity contribution in [2.45, 2.75) is 50.2 Å². The molecule has 2 heterocycles. The molecule has 1 aromatic carbocycles. The molecule has 1 unspecified atom stereocenters. The highest BCUT2D eigenvalue weighted by Gasteiger charge is 2.51. The molecule has 1 atom stereocenters. The van der Waals surface area contributed by atoms with Crippen LogP contribution < -0.4 is 5.32 Å². The van der Waals surface area contributed by atoms with Crippen LogP contribution in [0.4, 0.5) is 9.18 Å². The van der Waals surface area contributed by atoms with Gasteiger partial charge in [0.2, 0.25) is 5.91 Å². The number of benzene rings is 1. The second kappa shape index (κ2) is 8.10. The van der Waals surface area contributed by atoms with E-state index in [1.807, 2.05) is 0 Å². The molecule has 1 saturated carbocycles. The lowest BCUT2D eigenvalue weighted by Crippen LogP contribution is -2.48. The van der Waals surface area contributed by atoms with Gasteiger partial charge in [-0.3, -0.25) is 14.5 Å². The first kappa shape index (κ1) is 19.8. The average molecular weight is 403 g/mol. The second-order valence-electron chi connectivity index (χ2n) is 8.03. The topological polar surface area (TPSA) is 79.0 Å². The summed E-state index contributed by atoms with van der Waals surface area (Å²) in [5.74, 6) is -0.631. The van der Waals surface area contributed by atoms with Gasteiger partial charge in [0.05, 0.1) is 13.2 Å². The maximum Gasteiger partial charge on any atom is 0.325 e. The Morgan fingerprint density at radius 3 is 2.62 bits per heavy atom. The van der Waals surface area contributed by atoms with Crippen molar-refractivity contribution in [3.63, 3.8) is 0 Å². The third-order valence-electron chi connectivity index (χ3n) is 6.16. The Hall–Kier alpha value is -2.48. The van der Waals surface area contributed by atoms with Crippen LogP contribution in [0.1, 0.15) is 50.2 Å². The minimum Gasteiger partial charge on any atom is -0.370 e. The fourth-order valence-electron chi connectivity index (χ4n) is 4.49. The molecule has 0 bridgehead atoms. The molecule has 156 valence electrons. The van der Waals surface area contributed by atoms with E-state index in [9.17, 15) is 18.8 Å². The lowest BCUT2D eigenvalue weighted by molar-refractivity contribution is -0.140. The molecule has 4 amide bonds. The normalized spacial score (nSPS) is 24.1. The molecule has 0 radical (unpaired) electrons. The van der Waals surface area contributed by atoms with E-state index < -0.39 is 11.6 Å². The Labute approximate surface area is 169 Å². The van der Waals surface area contributed by atoms with E-state index >= 15 is 0 Å². The summed E-state index contributed by atoms with van der Waals surface area (Å²) >= 11 is 0. The Morgan fingerprint density at radius 2 is 1.90 bits per heavy atom. The van der Waals surface area contributed by atoms with Gasteiger partial charge in [-0.25, -0.2) is 9.18 Å². The maximum atomic E-state index is 13.1. The quantitative estimate of drug-likeness (QED) is 0.783. The predicted molar refractivity (Wildman–Crippen MR) is 102 cm³/mol. The van der Waals surface area contributed by atoms with Crippen LogP contribution in [0.2, 0.25) is 0 Å². The van der Waals surface area contributed by atoms with Gasteiger partial charge in [-0.15, -0.1) is 0 Å². The summed E-state index contributed by atoms with van der Waals surface area (Å²) in [6.07, 6.45) is 4.06. The standard InChI is InChI=1S/C21H26FN3O4/c22-16-6-4-15(5-7-16)17-14-24(12-13-29-17)18(26)8-11-25-19(27)21(23-20(25)28)9-2-1-3-10-21/h4-7,17H,1-3,8-14H2,(H,23,28). The zero-order valence-corrected chi connectivity index (χ0v) is 16.4. The number of nitrogens with zero attached hydrogens (tertiary/aromatic N) is 2. The molecule has 4 rings (SSSR count). The smallest absolute Gasteiger partial charge is 0.325 e. The zero-order chi connectivity index (χ0) is 20.4. The minimum absolute atomic E-state index is 0.0871. The van der Waals surface area contributed by atoms with Gasteiger partial charge in [0, 0.05) is 19.5 Å². The van der Waals surface area contributed by atoms with Crippen molar-refractivity contribution in [2.75, 3.05) is 26.2 Å². The number of amides is 4. The van der Waals surface area contributed by atoms with E-state index in [-0.39, 0.29) is 36.7 Å². The van der Waals surface area contributed by atoms with Crippen molar-refractivity contribution in [3.05, 3.63) is 35.6 Å². The molecule has 3 fully saturated rings. The number of rotatable bonds is 4. The molecule has 7 nitrogen and oxygen atoms in total. The second-order valence-corrected chi connectivity index (χ2v) is 8.03. The van der Waals surface area contributed by atoms with Crippen molar-refractivity contribution in [1.29, 1.82) is 0 Å². The van der Waals surface area contributed by atoms with Crippen molar-refractivity contribution in [2.24, 2.45) is 0 Å². The van der Waals surface area contributed by atoms with Crippen molar-refractivity contribution in [1.82, 2.24) is 15.1 Å². The molecule has 1 aliphatic carbocycles. The minimum atomic E-state index is -0.759. The highest BCUT2D eigenvalue weighted by molar-refractivity contribution is 6.07. The van der Waals surface area contributed by atoms with Gasteiger partial charge in [-0.2, -0.15) is 0 Å². The summed E-state index contributed by atoms with van der Waals surface area (Å²) in [4.78, 5) is 40.7. The van der Waals surface area contributed by atoms with Crippen LogP contribution in [0.3, 0.4) is 0 Å². The number of halogens is 1. The lowest BCUT2D eigenvalue weighted by atomic mass is 9.82. The molecule has 0 aromatic heterocycles. The lowest BCUT2D eigenvalue weighted by Gasteiger charge is -2.33. The van der Waals surface area contributed by atoms with Gasteiger partial charge < -0.3 is 15.0 Å². The Kier molecular flexibility index (Phi) is 5.54. The van der Waals surface area contributed by atoms with E-state index in [4.69, 9.17) is 4.74 Å². The van der Waals surface area contributed by atoms with Crippen molar-refractivity contribution < 1.29 is 23.5 Å². The molecule has 29 heavy (non-hydrogen) atoms. The number of imide groups is 1. The molecule has 8 heteroatoms. The average Bonchev–Trinajstić information content (AvgIpc) is 2.96. The van der Waals surface area contributed by atoms with E-state index in [1.54, 1.807) is 17.0 Å². The number of urea groups is 1. The third kappa shape index (κ3) is 3.99.